The van der Waals surface area contributed by atoms with Gasteiger partial charge in [0.25, 0.3) is 0 Å². The molecule has 0 unspecified atom stereocenters. The molecule has 0 amide bonds. The summed E-state index contributed by atoms with van der Waals surface area (Å²) >= 11 is 6.26. The second-order valence-corrected chi connectivity index (χ2v) is 5.01. The zero-order valence-electron chi connectivity index (χ0n) is 11.2. The topological polar surface area (TPSA) is 44.2 Å². The van der Waals surface area contributed by atoms with E-state index in [1.165, 1.54) is 0 Å². The lowest BCUT2D eigenvalue weighted by atomic mass is 10.1. The fourth-order valence-corrected chi connectivity index (χ4v) is 2.58. The molecule has 1 aliphatic rings. The Balaban J connectivity index is 2.09. The lowest BCUT2D eigenvalue weighted by molar-refractivity contribution is 0.109. The Labute approximate surface area is 122 Å². The number of benzene rings is 1. The summed E-state index contributed by atoms with van der Waals surface area (Å²) in [4.78, 5) is 9.07. The monoisotopic (exact) mass is 290 g/mol. The van der Waals surface area contributed by atoms with Crippen LogP contribution in [0.3, 0.4) is 0 Å². The highest BCUT2D eigenvalue weighted by molar-refractivity contribution is 6.30. The van der Waals surface area contributed by atoms with E-state index in [1.54, 1.807) is 7.11 Å². The second kappa shape index (κ2) is 5.87. The third kappa shape index (κ3) is 2.54. The van der Waals surface area contributed by atoms with E-state index in [0.717, 1.165) is 28.8 Å². The number of aromatic nitrogens is 2. The summed E-state index contributed by atoms with van der Waals surface area (Å²) in [5, 5.41) is 0.483. The van der Waals surface area contributed by atoms with E-state index in [4.69, 9.17) is 21.1 Å². The molecular weight excluding hydrogens is 276 g/mol. The molecular formula is C15H15ClN2O2. The Bertz CT molecular complexity index is 631. The molecule has 1 aromatic heterocycles. The molecule has 2 heterocycles. The molecule has 0 spiro atoms. The zero-order chi connectivity index (χ0) is 13.9. The Morgan fingerprint density at radius 1 is 1.30 bits per heavy atom. The first-order valence-corrected chi connectivity index (χ1v) is 6.87. The first-order chi connectivity index (χ1) is 9.79. The number of hydrogen-bond acceptors (Lipinski definition) is 4. The van der Waals surface area contributed by atoms with Gasteiger partial charge in [0.05, 0.1) is 25.5 Å². The van der Waals surface area contributed by atoms with Crippen LogP contribution in [0.1, 0.15) is 16.8 Å². The van der Waals surface area contributed by atoms with E-state index in [9.17, 15) is 0 Å². The Morgan fingerprint density at radius 2 is 2.15 bits per heavy atom. The Morgan fingerprint density at radius 3 is 3.00 bits per heavy atom. The minimum absolute atomic E-state index is 0.483. The van der Waals surface area contributed by atoms with Crippen molar-refractivity contribution >= 4 is 11.6 Å². The average Bonchev–Trinajstić information content (AvgIpc) is 2.48. The fourth-order valence-electron chi connectivity index (χ4n) is 2.33. The summed E-state index contributed by atoms with van der Waals surface area (Å²) in [6.45, 7) is 1.70. The maximum atomic E-state index is 6.26. The van der Waals surface area contributed by atoms with Gasteiger partial charge in [0, 0.05) is 24.7 Å². The van der Waals surface area contributed by atoms with Crippen LogP contribution in [-0.4, -0.2) is 23.7 Å². The smallest absolute Gasteiger partial charge is 0.161 e. The zero-order valence-corrected chi connectivity index (χ0v) is 12.0. The lowest BCUT2D eigenvalue weighted by Gasteiger charge is -2.17. The van der Waals surface area contributed by atoms with Gasteiger partial charge in [0.1, 0.15) is 5.15 Å². The predicted octanol–water partition coefficient (Wildman–Crippen LogP) is 3.02. The first kappa shape index (κ1) is 13.5. The van der Waals surface area contributed by atoms with Crippen molar-refractivity contribution in [2.24, 2.45) is 0 Å². The molecule has 3 rings (SSSR count). The maximum absolute atomic E-state index is 6.26. The van der Waals surface area contributed by atoms with Crippen molar-refractivity contribution in [3.63, 3.8) is 0 Å². The maximum Gasteiger partial charge on any atom is 0.161 e. The third-order valence-electron chi connectivity index (χ3n) is 3.33. The van der Waals surface area contributed by atoms with Crippen molar-refractivity contribution in [3.8, 4) is 11.4 Å². The number of methoxy groups -OCH3 is 1. The van der Waals surface area contributed by atoms with Crippen molar-refractivity contribution in [2.45, 2.75) is 19.6 Å². The van der Waals surface area contributed by atoms with E-state index in [-0.39, 0.29) is 0 Å². The number of hydrogen-bond donors (Lipinski definition) is 0. The summed E-state index contributed by atoms with van der Waals surface area (Å²) in [5.41, 5.74) is 3.91. The van der Waals surface area contributed by atoms with Gasteiger partial charge in [-0.25, -0.2) is 9.97 Å². The van der Waals surface area contributed by atoms with Gasteiger partial charge in [-0.3, -0.25) is 0 Å². The van der Waals surface area contributed by atoms with E-state index < -0.39 is 0 Å². The number of ether oxygens (including phenoxy) is 2. The van der Waals surface area contributed by atoms with Crippen LogP contribution in [0.5, 0.6) is 0 Å². The van der Waals surface area contributed by atoms with Crippen LogP contribution in [0.2, 0.25) is 5.15 Å². The normalized spacial score (nSPS) is 14.1. The highest BCUT2D eigenvalue weighted by Gasteiger charge is 2.18. The molecule has 0 saturated heterocycles. The van der Waals surface area contributed by atoms with Gasteiger partial charge >= 0.3 is 0 Å². The van der Waals surface area contributed by atoms with Gasteiger partial charge < -0.3 is 9.47 Å². The van der Waals surface area contributed by atoms with Crippen LogP contribution in [-0.2, 0) is 29.1 Å². The first-order valence-electron chi connectivity index (χ1n) is 6.50. The van der Waals surface area contributed by atoms with E-state index in [0.29, 0.717) is 30.8 Å². The molecule has 1 aliphatic heterocycles. The molecule has 20 heavy (non-hydrogen) atoms. The number of rotatable bonds is 3. The van der Waals surface area contributed by atoms with E-state index >= 15 is 0 Å². The molecule has 1 aromatic carbocycles. The van der Waals surface area contributed by atoms with Gasteiger partial charge in [-0.15, -0.1) is 0 Å². The van der Waals surface area contributed by atoms with Crippen LogP contribution in [0.25, 0.3) is 11.4 Å². The van der Waals surface area contributed by atoms with E-state index in [2.05, 4.69) is 9.97 Å². The summed E-state index contributed by atoms with van der Waals surface area (Å²) < 4.78 is 10.6. The summed E-state index contributed by atoms with van der Waals surface area (Å²) in [5.74, 6) is 0.656. The van der Waals surface area contributed by atoms with Gasteiger partial charge in [-0.1, -0.05) is 35.9 Å². The average molecular weight is 291 g/mol. The van der Waals surface area contributed by atoms with Crippen molar-refractivity contribution in [1.29, 1.82) is 0 Å². The number of fused-ring (bicyclic) bond motifs is 1. The number of halogens is 1. The molecule has 4 nitrogen and oxygen atoms in total. The summed E-state index contributed by atoms with van der Waals surface area (Å²) in [6, 6.07) is 7.95. The molecule has 0 bridgehead atoms. The minimum atomic E-state index is 0.483. The van der Waals surface area contributed by atoms with Crippen molar-refractivity contribution in [1.82, 2.24) is 9.97 Å². The van der Waals surface area contributed by atoms with Gasteiger partial charge in [0.15, 0.2) is 5.82 Å². The van der Waals surface area contributed by atoms with Crippen LogP contribution < -0.4 is 0 Å². The van der Waals surface area contributed by atoms with Gasteiger partial charge in [-0.2, -0.15) is 0 Å². The molecule has 2 aromatic rings. The van der Waals surface area contributed by atoms with Crippen LogP contribution in [0.4, 0.5) is 0 Å². The molecule has 5 heteroatoms. The highest BCUT2D eigenvalue weighted by atomic mass is 35.5. The standard InChI is InChI=1S/C15H15ClN2O2/c1-19-8-10-4-2-3-5-11(10)15-17-13-6-7-20-9-12(13)14(16)18-15/h2-5H,6-9H2,1H3. The Hall–Kier alpha value is -1.49. The lowest BCUT2D eigenvalue weighted by Crippen LogP contribution is -2.14. The van der Waals surface area contributed by atoms with Gasteiger partial charge in [-0.05, 0) is 5.56 Å². The molecule has 0 aliphatic carbocycles. The van der Waals surface area contributed by atoms with Crippen molar-refractivity contribution in [3.05, 3.63) is 46.2 Å². The summed E-state index contributed by atoms with van der Waals surface area (Å²) in [7, 11) is 1.68. The summed E-state index contributed by atoms with van der Waals surface area (Å²) in [6.07, 6.45) is 0.775. The van der Waals surface area contributed by atoms with E-state index in [1.807, 2.05) is 24.3 Å². The third-order valence-corrected chi connectivity index (χ3v) is 3.64. The SMILES string of the molecule is COCc1ccccc1-c1nc(Cl)c2c(n1)CCOC2. The Kier molecular flexibility index (Phi) is 3.96. The molecule has 0 N–H and O–H groups in total. The highest BCUT2D eigenvalue weighted by Crippen LogP contribution is 2.27. The second-order valence-electron chi connectivity index (χ2n) is 4.66. The molecule has 0 saturated carbocycles. The van der Waals surface area contributed by atoms with Crippen LogP contribution in [0.15, 0.2) is 24.3 Å². The largest absolute Gasteiger partial charge is 0.380 e. The minimum Gasteiger partial charge on any atom is -0.380 e. The van der Waals surface area contributed by atoms with Crippen molar-refractivity contribution < 1.29 is 9.47 Å². The molecule has 0 radical (unpaired) electrons. The molecule has 0 fully saturated rings. The molecule has 104 valence electrons. The predicted molar refractivity (Wildman–Crippen MR) is 76.6 cm³/mol. The number of nitrogens with zero attached hydrogens (tertiary/aromatic N) is 2. The van der Waals surface area contributed by atoms with Gasteiger partial charge in [0.2, 0.25) is 0 Å². The molecule has 0 atom stereocenters. The quantitative estimate of drug-likeness (QED) is 0.815. The van der Waals surface area contributed by atoms with Crippen LogP contribution in [0, 0.1) is 0 Å². The fraction of sp³-hybridized carbons (Fsp3) is 0.333. The van der Waals surface area contributed by atoms with Crippen LogP contribution >= 0.6 is 11.6 Å². The van der Waals surface area contributed by atoms with Crippen molar-refractivity contribution in [2.75, 3.05) is 13.7 Å².